The van der Waals surface area contributed by atoms with Gasteiger partial charge in [0.25, 0.3) is 0 Å². The Morgan fingerprint density at radius 2 is 2.05 bits per heavy atom. The van der Waals surface area contributed by atoms with Crippen LogP contribution >= 0.6 is 11.6 Å². The van der Waals surface area contributed by atoms with E-state index in [2.05, 4.69) is 27.1 Å². The number of carbonyl (C=O) groups excluding carboxylic acids is 1. The average molecular weight is 558 g/mol. The highest BCUT2D eigenvalue weighted by atomic mass is 35.5. The first-order chi connectivity index (χ1) is 18.6. The Hall–Kier alpha value is -3.11. The minimum atomic E-state index is -0.498. The number of hydrogen-bond acceptors (Lipinski definition) is 7. The second-order valence-corrected chi connectivity index (χ2v) is 11.8. The molecule has 4 heterocycles. The molecule has 0 aliphatic carbocycles. The van der Waals surface area contributed by atoms with Gasteiger partial charge in [0.15, 0.2) is 5.65 Å². The monoisotopic (exact) mass is 557 g/mol. The molecule has 0 saturated carbocycles. The first-order valence-electron chi connectivity index (χ1n) is 13.6. The minimum Gasteiger partial charge on any atom is -0.444 e. The highest BCUT2D eigenvalue weighted by Crippen LogP contribution is 2.38. The molecule has 1 amide bonds. The standard InChI is InChI=1S/C28H37ClFN7O2/c1-19-18-34(14-15-35(19)27(38)39-28(2,3)4)13-10-31-23-17-32-37-12-9-25(33-26(23)37)36-11-5-6-24(36)21-16-20(30)7-8-22(21)29/h7-9,12,16-17,19,24,31H,5-6,10-11,13-15,18H2,1-4H3/t19-,24+/m0/s1. The molecule has 2 aliphatic rings. The number of carbonyl (C=O) groups is 1. The van der Waals surface area contributed by atoms with Crippen LogP contribution in [-0.4, -0.2) is 81.4 Å². The molecule has 2 fully saturated rings. The number of rotatable bonds is 6. The van der Waals surface area contributed by atoms with E-state index in [1.54, 1.807) is 16.8 Å². The molecule has 39 heavy (non-hydrogen) atoms. The Kier molecular flexibility index (Phi) is 7.87. The predicted molar refractivity (Wildman–Crippen MR) is 151 cm³/mol. The second-order valence-electron chi connectivity index (χ2n) is 11.4. The van der Waals surface area contributed by atoms with E-state index in [9.17, 15) is 9.18 Å². The maximum Gasteiger partial charge on any atom is 0.410 e. The number of nitrogens with one attached hydrogen (secondary N) is 1. The smallest absolute Gasteiger partial charge is 0.410 e. The van der Waals surface area contributed by atoms with Gasteiger partial charge in [-0.05, 0) is 70.4 Å². The van der Waals surface area contributed by atoms with Crippen LogP contribution in [0.2, 0.25) is 5.02 Å². The van der Waals surface area contributed by atoms with Crippen LogP contribution in [0.4, 0.5) is 20.7 Å². The number of benzene rings is 1. The van der Waals surface area contributed by atoms with Crippen molar-refractivity contribution in [3.63, 3.8) is 0 Å². The molecule has 0 unspecified atom stereocenters. The van der Waals surface area contributed by atoms with Gasteiger partial charge in [-0.15, -0.1) is 0 Å². The first kappa shape index (κ1) is 27.5. The summed E-state index contributed by atoms with van der Waals surface area (Å²) in [4.78, 5) is 23.8. The number of anilines is 2. The van der Waals surface area contributed by atoms with Crippen molar-refractivity contribution >= 4 is 34.8 Å². The Bertz CT molecular complexity index is 1330. The minimum absolute atomic E-state index is 0.0242. The number of halogens is 2. The van der Waals surface area contributed by atoms with Crippen molar-refractivity contribution in [1.29, 1.82) is 0 Å². The summed E-state index contributed by atoms with van der Waals surface area (Å²) in [6.45, 7) is 12.3. The zero-order valence-corrected chi connectivity index (χ0v) is 23.8. The van der Waals surface area contributed by atoms with Gasteiger partial charge in [0.1, 0.15) is 17.2 Å². The summed E-state index contributed by atoms with van der Waals surface area (Å²) < 4.78 is 21.3. The number of piperazine rings is 1. The van der Waals surface area contributed by atoms with Gasteiger partial charge < -0.3 is 19.9 Å². The van der Waals surface area contributed by atoms with Crippen molar-refractivity contribution in [1.82, 2.24) is 24.4 Å². The van der Waals surface area contributed by atoms with E-state index in [0.29, 0.717) is 11.6 Å². The van der Waals surface area contributed by atoms with Crippen LogP contribution < -0.4 is 10.2 Å². The molecule has 2 saturated heterocycles. The van der Waals surface area contributed by atoms with Gasteiger partial charge in [0, 0.05) is 56.5 Å². The van der Waals surface area contributed by atoms with Crippen molar-refractivity contribution in [2.24, 2.45) is 0 Å². The fourth-order valence-electron chi connectivity index (χ4n) is 5.45. The lowest BCUT2D eigenvalue weighted by Crippen LogP contribution is -2.55. The molecule has 9 nitrogen and oxygen atoms in total. The molecule has 3 aromatic rings. The van der Waals surface area contributed by atoms with Gasteiger partial charge in [0.05, 0.1) is 17.9 Å². The Labute approximate surface area is 233 Å². The summed E-state index contributed by atoms with van der Waals surface area (Å²) in [7, 11) is 0. The fraction of sp³-hybridized carbons (Fsp3) is 0.536. The van der Waals surface area contributed by atoms with Crippen LogP contribution in [0.3, 0.4) is 0 Å². The van der Waals surface area contributed by atoms with Crippen molar-refractivity contribution in [3.05, 3.63) is 53.1 Å². The van der Waals surface area contributed by atoms with Gasteiger partial charge in [-0.2, -0.15) is 5.10 Å². The number of hydrogen-bond donors (Lipinski definition) is 1. The normalized spacial score (nSPS) is 20.6. The lowest BCUT2D eigenvalue weighted by molar-refractivity contribution is 0.00196. The molecule has 2 aromatic heterocycles. The number of ether oxygens (including phenoxy) is 1. The summed E-state index contributed by atoms with van der Waals surface area (Å²) in [6, 6.07) is 6.54. The van der Waals surface area contributed by atoms with Crippen LogP contribution in [0, 0.1) is 5.82 Å². The van der Waals surface area contributed by atoms with Gasteiger partial charge in [-0.25, -0.2) is 18.7 Å². The summed E-state index contributed by atoms with van der Waals surface area (Å²) in [5.74, 6) is 0.536. The molecule has 5 rings (SSSR count). The van der Waals surface area contributed by atoms with Crippen LogP contribution in [0.25, 0.3) is 5.65 Å². The third-order valence-electron chi connectivity index (χ3n) is 7.30. The molecule has 210 valence electrons. The number of fused-ring (bicyclic) bond motifs is 1. The van der Waals surface area contributed by atoms with E-state index in [0.717, 1.165) is 68.3 Å². The Balaban J connectivity index is 1.21. The molecule has 1 aromatic carbocycles. The van der Waals surface area contributed by atoms with Crippen molar-refractivity contribution in [3.8, 4) is 0 Å². The Morgan fingerprint density at radius 1 is 1.23 bits per heavy atom. The quantitative estimate of drug-likeness (QED) is 0.445. The summed E-state index contributed by atoms with van der Waals surface area (Å²) in [5.41, 5.74) is 1.90. The van der Waals surface area contributed by atoms with E-state index in [4.69, 9.17) is 21.3 Å². The molecule has 11 heteroatoms. The van der Waals surface area contributed by atoms with E-state index in [1.807, 2.05) is 37.9 Å². The van der Waals surface area contributed by atoms with E-state index >= 15 is 0 Å². The maximum absolute atomic E-state index is 14.0. The summed E-state index contributed by atoms with van der Waals surface area (Å²) in [5, 5.41) is 8.52. The summed E-state index contributed by atoms with van der Waals surface area (Å²) >= 11 is 6.44. The molecule has 0 spiro atoms. The third kappa shape index (κ3) is 6.22. The highest BCUT2D eigenvalue weighted by molar-refractivity contribution is 6.31. The van der Waals surface area contributed by atoms with Gasteiger partial charge >= 0.3 is 6.09 Å². The van der Waals surface area contributed by atoms with Crippen LogP contribution in [-0.2, 0) is 4.74 Å². The molecule has 0 radical (unpaired) electrons. The lowest BCUT2D eigenvalue weighted by atomic mass is 10.0. The number of aromatic nitrogens is 3. The predicted octanol–water partition coefficient (Wildman–Crippen LogP) is 5.22. The Morgan fingerprint density at radius 3 is 2.82 bits per heavy atom. The van der Waals surface area contributed by atoms with E-state index in [1.165, 1.54) is 12.1 Å². The van der Waals surface area contributed by atoms with Gasteiger partial charge in [0.2, 0.25) is 0 Å². The molecule has 1 N–H and O–H groups in total. The highest BCUT2D eigenvalue weighted by Gasteiger charge is 2.31. The maximum atomic E-state index is 14.0. The second kappa shape index (κ2) is 11.2. The molecule has 0 bridgehead atoms. The molecular formula is C28H37ClFN7O2. The molecule has 2 atom stereocenters. The van der Waals surface area contributed by atoms with Crippen LogP contribution in [0.1, 0.15) is 52.1 Å². The average Bonchev–Trinajstić information content (AvgIpc) is 3.51. The van der Waals surface area contributed by atoms with Gasteiger partial charge in [-0.3, -0.25) is 4.90 Å². The first-order valence-corrected chi connectivity index (χ1v) is 14.0. The van der Waals surface area contributed by atoms with Gasteiger partial charge in [-0.1, -0.05) is 11.6 Å². The lowest BCUT2D eigenvalue weighted by Gasteiger charge is -2.40. The van der Waals surface area contributed by atoms with Crippen LogP contribution in [0.15, 0.2) is 36.7 Å². The van der Waals surface area contributed by atoms with E-state index in [-0.39, 0.29) is 24.0 Å². The zero-order valence-electron chi connectivity index (χ0n) is 23.0. The fourth-order valence-corrected chi connectivity index (χ4v) is 5.70. The van der Waals surface area contributed by atoms with Crippen molar-refractivity contribution < 1.29 is 13.9 Å². The number of nitrogens with zero attached hydrogens (tertiary/aromatic N) is 6. The largest absolute Gasteiger partial charge is 0.444 e. The van der Waals surface area contributed by atoms with Crippen molar-refractivity contribution in [2.75, 3.05) is 49.5 Å². The summed E-state index contributed by atoms with van der Waals surface area (Å²) in [6.07, 6.45) is 5.32. The zero-order chi connectivity index (χ0) is 27.7. The third-order valence-corrected chi connectivity index (χ3v) is 7.65. The van der Waals surface area contributed by atoms with E-state index < -0.39 is 5.60 Å². The SMILES string of the molecule is C[C@H]1CN(CCNc2cnn3ccc(N4CCC[C@@H]4c4cc(F)ccc4Cl)nc23)CCN1C(=O)OC(C)(C)C. The molecular weight excluding hydrogens is 521 g/mol. The van der Waals surface area contributed by atoms with Crippen molar-refractivity contribution in [2.45, 2.75) is 58.2 Å². The topological polar surface area (TPSA) is 78.2 Å². The number of amides is 1. The molecule has 2 aliphatic heterocycles. The van der Waals surface area contributed by atoms with Crippen LogP contribution in [0.5, 0.6) is 0 Å².